The molecule has 2 rings (SSSR count). The third-order valence-corrected chi connectivity index (χ3v) is 2.51. The molecule has 0 amide bonds. The van der Waals surface area contributed by atoms with Crippen LogP contribution < -0.4 is 5.32 Å². The first-order chi connectivity index (χ1) is 6.58. The number of carbonyl (C=O) groups is 1. The Morgan fingerprint density at radius 2 is 2.29 bits per heavy atom. The molecular weight excluding hydrogens is 178 g/mol. The molecule has 0 spiro atoms. The molecule has 14 heavy (non-hydrogen) atoms. The van der Waals surface area contributed by atoms with Crippen molar-refractivity contribution in [2.24, 2.45) is 0 Å². The van der Waals surface area contributed by atoms with Gasteiger partial charge >= 0.3 is 5.97 Å². The van der Waals surface area contributed by atoms with Crippen molar-refractivity contribution in [1.29, 1.82) is 0 Å². The fourth-order valence-electron chi connectivity index (χ4n) is 1.99. The monoisotopic (exact) mass is 191 g/mol. The Morgan fingerprint density at radius 1 is 1.57 bits per heavy atom. The molecule has 0 aromatic heterocycles. The Balaban J connectivity index is 2.57. The summed E-state index contributed by atoms with van der Waals surface area (Å²) < 4.78 is 0. The fraction of sp³-hybridized carbons (Fsp3) is 0.364. The van der Waals surface area contributed by atoms with E-state index in [1.165, 1.54) is 0 Å². The summed E-state index contributed by atoms with van der Waals surface area (Å²) in [5, 5.41) is 12.2. The third-order valence-electron chi connectivity index (χ3n) is 2.51. The fourth-order valence-corrected chi connectivity index (χ4v) is 1.99. The number of nitrogens with one attached hydrogen (secondary N) is 1. The highest BCUT2D eigenvalue weighted by molar-refractivity contribution is 5.96. The summed E-state index contributed by atoms with van der Waals surface area (Å²) in [6, 6.07) is 4.11. The molecule has 74 valence electrons. The van der Waals surface area contributed by atoms with Gasteiger partial charge in [0.05, 0.1) is 11.3 Å². The van der Waals surface area contributed by atoms with Crippen LogP contribution in [0.15, 0.2) is 12.1 Å². The second kappa shape index (κ2) is 3.01. The minimum atomic E-state index is -0.855. The highest BCUT2D eigenvalue weighted by Gasteiger charge is 2.22. The standard InChI is InChI=1S/C11H13NO2/c1-6-3-8-5-7(2)12-10(8)9(4-6)11(13)14/h3-4,7,12H,5H2,1-2H3,(H,13,14). The van der Waals surface area contributed by atoms with Gasteiger partial charge in [-0.25, -0.2) is 4.79 Å². The molecule has 1 aromatic rings. The summed E-state index contributed by atoms with van der Waals surface area (Å²) in [6.45, 7) is 3.98. The predicted molar refractivity (Wildman–Crippen MR) is 54.9 cm³/mol. The molecule has 0 fully saturated rings. The van der Waals surface area contributed by atoms with Gasteiger partial charge in [0.25, 0.3) is 0 Å². The molecule has 1 atom stereocenters. The minimum Gasteiger partial charge on any atom is -0.478 e. The summed E-state index contributed by atoms with van der Waals surface area (Å²) in [5.74, 6) is -0.855. The molecule has 0 aliphatic carbocycles. The molecule has 1 unspecified atom stereocenters. The zero-order valence-corrected chi connectivity index (χ0v) is 8.29. The highest BCUT2D eigenvalue weighted by atomic mass is 16.4. The van der Waals surface area contributed by atoms with E-state index in [4.69, 9.17) is 5.11 Å². The Bertz CT molecular complexity index is 399. The van der Waals surface area contributed by atoms with Gasteiger partial charge in [-0.3, -0.25) is 0 Å². The lowest BCUT2D eigenvalue weighted by Crippen LogP contribution is -2.10. The summed E-state index contributed by atoms with van der Waals surface area (Å²) >= 11 is 0. The zero-order chi connectivity index (χ0) is 10.3. The normalized spacial score (nSPS) is 18.9. The Labute approximate surface area is 82.8 Å². The average Bonchev–Trinajstić information content (AvgIpc) is 2.42. The van der Waals surface area contributed by atoms with Gasteiger partial charge in [-0.1, -0.05) is 6.07 Å². The number of anilines is 1. The van der Waals surface area contributed by atoms with Crippen LogP contribution in [0.1, 0.15) is 28.4 Å². The van der Waals surface area contributed by atoms with E-state index in [1.54, 1.807) is 6.07 Å². The van der Waals surface area contributed by atoms with Crippen molar-refractivity contribution in [2.75, 3.05) is 5.32 Å². The van der Waals surface area contributed by atoms with Crippen molar-refractivity contribution in [3.63, 3.8) is 0 Å². The van der Waals surface area contributed by atoms with E-state index < -0.39 is 5.97 Å². The van der Waals surface area contributed by atoms with Crippen LogP contribution in [0.3, 0.4) is 0 Å². The third kappa shape index (κ3) is 1.35. The molecule has 3 nitrogen and oxygen atoms in total. The lowest BCUT2D eigenvalue weighted by atomic mass is 10.0. The van der Waals surface area contributed by atoms with Crippen LogP contribution in [-0.2, 0) is 6.42 Å². The van der Waals surface area contributed by atoms with Gasteiger partial charge in [0, 0.05) is 6.04 Å². The summed E-state index contributed by atoms with van der Waals surface area (Å²) in [7, 11) is 0. The van der Waals surface area contributed by atoms with Gasteiger partial charge < -0.3 is 10.4 Å². The van der Waals surface area contributed by atoms with E-state index in [1.807, 2.05) is 6.92 Å². The van der Waals surface area contributed by atoms with Crippen LogP contribution in [0.5, 0.6) is 0 Å². The smallest absolute Gasteiger partial charge is 0.337 e. The van der Waals surface area contributed by atoms with Crippen LogP contribution in [0.4, 0.5) is 5.69 Å². The van der Waals surface area contributed by atoms with Crippen molar-refractivity contribution in [3.05, 3.63) is 28.8 Å². The first-order valence-electron chi connectivity index (χ1n) is 4.71. The Morgan fingerprint density at radius 3 is 2.93 bits per heavy atom. The molecule has 0 radical (unpaired) electrons. The van der Waals surface area contributed by atoms with Crippen molar-refractivity contribution < 1.29 is 9.90 Å². The number of hydrogen-bond acceptors (Lipinski definition) is 2. The number of aryl methyl sites for hydroxylation is 1. The lowest BCUT2D eigenvalue weighted by molar-refractivity contribution is 0.0698. The number of carboxylic acids is 1. The topological polar surface area (TPSA) is 49.3 Å². The number of benzene rings is 1. The molecule has 0 bridgehead atoms. The van der Waals surface area contributed by atoms with Crippen LogP contribution in [-0.4, -0.2) is 17.1 Å². The van der Waals surface area contributed by atoms with Gasteiger partial charge in [-0.05, 0) is 37.5 Å². The zero-order valence-electron chi connectivity index (χ0n) is 8.29. The second-order valence-corrected chi connectivity index (χ2v) is 3.90. The first-order valence-corrected chi connectivity index (χ1v) is 4.71. The molecule has 1 aromatic carbocycles. The van der Waals surface area contributed by atoms with E-state index in [0.29, 0.717) is 11.6 Å². The first kappa shape index (κ1) is 9.06. The van der Waals surface area contributed by atoms with E-state index in [0.717, 1.165) is 23.2 Å². The van der Waals surface area contributed by atoms with Crippen molar-refractivity contribution >= 4 is 11.7 Å². The SMILES string of the molecule is Cc1cc2c(c(C(=O)O)c1)NC(C)C2. The van der Waals surface area contributed by atoms with Crippen LogP contribution in [0, 0.1) is 6.92 Å². The van der Waals surface area contributed by atoms with Crippen LogP contribution in [0.25, 0.3) is 0 Å². The molecule has 0 saturated heterocycles. The van der Waals surface area contributed by atoms with Crippen LogP contribution >= 0.6 is 0 Å². The molecule has 0 saturated carbocycles. The van der Waals surface area contributed by atoms with Crippen LogP contribution in [0.2, 0.25) is 0 Å². The number of rotatable bonds is 1. The summed E-state index contributed by atoms with van der Waals surface area (Å²) in [4.78, 5) is 11.0. The van der Waals surface area contributed by atoms with E-state index in [-0.39, 0.29) is 0 Å². The number of hydrogen-bond donors (Lipinski definition) is 2. The molecule has 1 aliphatic rings. The highest BCUT2D eigenvalue weighted by Crippen LogP contribution is 2.30. The minimum absolute atomic E-state index is 0.338. The van der Waals surface area contributed by atoms with Gasteiger partial charge in [-0.15, -0.1) is 0 Å². The summed E-state index contributed by atoms with van der Waals surface area (Å²) in [6.07, 6.45) is 0.914. The Kier molecular flexibility index (Phi) is 1.95. The van der Waals surface area contributed by atoms with E-state index in [2.05, 4.69) is 18.3 Å². The molecular formula is C11H13NO2. The molecule has 2 N–H and O–H groups in total. The van der Waals surface area contributed by atoms with Gasteiger partial charge in [0.2, 0.25) is 0 Å². The Hall–Kier alpha value is -1.51. The molecule has 1 heterocycles. The number of fused-ring (bicyclic) bond motifs is 1. The quantitative estimate of drug-likeness (QED) is 0.714. The van der Waals surface area contributed by atoms with E-state index in [9.17, 15) is 4.79 Å². The molecule has 1 aliphatic heterocycles. The number of carboxylic acid groups (broad SMARTS) is 1. The maximum absolute atomic E-state index is 11.0. The van der Waals surface area contributed by atoms with Crippen molar-refractivity contribution in [1.82, 2.24) is 0 Å². The van der Waals surface area contributed by atoms with Crippen molar-refractivity contribution in [3.8, 4) is 0 Å². The van der Waals surface area contributed by atoms with E-state index >= 15 is 0 Å². The summed E-state index contributed by atoms with van der Waals surface area (Å²) in [5.41, 5.74) is 3.33. The van der Waals surface area contributed by atoms with Gasteiger partial charge in [0.15, 0.2) is 0 Å². The second-order valence-electron chi connectivity index (χ2n) is 3.90. The maximum Gasteiger partial charge on any atom is 0.337 e. The lowest BCUT2D eigenvalue weighted by Gasteiger charge is -2.07. The maximum atomic E-state index is 11.0. The van der Waals surface area contributed by atoms with Gasteiger partial charge in [0.1, 0.15) is 0 Å². The average molecular weight is 191 g/mol. The predicted octanol–water partition coefficient (Wildman–Crippen LogP) is 2.05. The largest absolute Gasteiger partial charge is 0.478 e. The van der Waals surface area contributed by atoms with Crippen molar-refractivity contribution in [2.45, 2.75) is 26.3 Å². The molecule has 3 heteroatoms. The van der Waals surface area contributed by atoms with Gasteiger partial charge in [-0.2, -0.15) is 0 Å². The number of aromatic carboxylic acids is 1.